The van der Waals surface area contributed by atoms with Gasteiger partial charge >= 0.3 is 11.9 Å². The lowest BCUT2D eigenvalue weighted by molar-refractivity contribution is -0.385. The van der Waals surface area contributed by atoms with Crippen LogP contribution in [0.3, 0.4) is 0 Å². The van der Waals surface area contributed by atoms with Crippen LogP contribution >= 0.6 is 0 Å². The van der Waals surface area contributed by atoms with Gasteiger partial charge in [0.2, 0.25) is 0 Å². The van der Waals surface area contributed by atoms with Gasteiger partial charge in [-0.05, 0) is 24.3 Å². The number of para-hydroxylation sites is 1. The first-order valence-corrected chi connectivity index (χ1v) is 6.84. The molecule has 0 aliphatic carbocycles. The van der Waals surface area contributed by atoms with Crippen molar-refractivity contribution in [3.05, 3.63) is 81.9 Å². The van der Waals surface area contributed by atoms with Crippen LogP contribution in [0.1, 0.15) is 11.1 Å². The molecule has 0 aliphatic rings. The smallest absolute Gasteiger partial charge is 0.382 e. The first kappa shape index (κ1) is 19.1. The van der Waals surface area contributed by atoms with Gasteiger partial charge in [0.15, 0.2) is 0 Å². The molecule has 0 saturated heterocycles. The Labute approximate surface area is 143 Å². The highest BCUT2D eigenvalue weighted by atomic mass is 16.6. The Morgan fingerprint density at radius 3 is 2.16 bits per heavy atom. The van der Waals surface area contributed by atoms with E-state index in [1.807, 2.05) is 24.1 Å². The molecule has 0 unspecified atom stereocenters. The average Bonchev–Trinajstić information content (AvgIpc) is 2.60. The molecule has 7 nitrogen and oxygen atoms in total. The minimum absolute atomic E-state index is 0.106. The van der Waals surface area contributed by atoms with Crippen LogP contribution in [0.15, 0.2) is 60.7 Å². The summed E-state index contributed by atoms with van der Waals surface area (Å²) in [5.41, 5.74) is 0.889. The number of nitrogens with zero attached hydrogens (tertiary/aromatic N) is 1. The van der Waals surface area contributed by atoms with Gasteiger partial charge in [-0.2, -0.15) is 0 Å². The lowest BCUT2D eigenvalue weighted by atomic mass is 10.1. The maximum atomic E-state index is 10.5. The molecule has 25 heavy (non-hydrogen) atoms. The van der Waals surface area contributed by atoms with Gasteiger partial charge in [0.05, 0.1) is 10.5 Å². The fraction of sp³-hybridized carbons (Fsp3) is 0. The molecule has 0 spiro atoms. The predicted octanol–water partition coefficient (Wildman–Crippen LogP) is 2.82. The molecule has 0 bridgehead atoms. The molecule has 0 aliphatic heterocycles. The third-order valence-electron chi connectivity index (χ3n) is 2.63. The third-order valence-corrected chi connectivity index (χ3v) is 2.63. The monoisotopic (exact) mass is 339 g/mol. The molecule has 2 N–H and O–H groups in total. The maximum Gasteiger partial charge on any atom is 0.382 e. The molecule has 0 heterocycles. The van der Waals surface area contributed by atoms with Gasteiger partial charge in [0, 0.05) is 23.6 Å². The van der Waals surface area contributed by atoms with Crippen LogP contribution in [-0.2, 0) is 9.59 Å². The van der Waals surface area contributed by atoms with E-state index < -0.39 is 16.9 Å². The Morgan fingerprint density at radius 1 is 1.00 bits per heavy atom. The molecule has 2 rings (SSSR count). The van der Waals surface area contributed by atoms with Crippen molar-refractivity contribution in [1.82, 2.24) is 0 Å². The van der Waals surface area contributed by atoms with Crippen LogP contribution in [0.2, 0.25) is 0 Å². The lowest BCUT2D eigenvalue weighted by Gasteiger charge is -1.94. The summed E-state index contributed by atoms with van der Waals surface area (Å²) in [6, 6.07) is 14.9. The van der Waals surface area contributed by atoms with Gasteiger partial charge in [0.25, 0.3) is 5.69 Å². The summed E-state index contributed by atoms with van der Waals surface area (Å²) in [6.45, 7) is 0. The normalized spacial score (nSPS) is 9.28. The zero-order valence-corrected chi connectivity index (χ0v) is 12.8. The van der Waals surface area contributed by atoms with Gasteiger partial charge in [-0.3, -0.25) is 10.1 Å². The summed E-state index contributed by atoms with van der Waals surface area (Å²) < 4.78 is 0. The molecule has 2 aromatic rings. The van der Waals surface area contributed by atoms with Crippen LogP contribution < -0.4 is 0 Å². The molecule has 0 radical (unpaired) electrons. The van der Waals surface area contributed by atoms with Crippen molar-refractivity contribution in [1.29, 1.82) is 0 Å². The van der Waals surface area contributed by atoms with E-state index in [9.17, 15) is 19.7 Å². The Balaban J connectivity index is 0.000000257. The zero-order valence-electron chi connectivity index (χ0n) is 12.8. The minimum atomic E-state index is -1.14. The molecule has 2 aromatic carbocycles. The fourth-order valence-electron chi connectivity index (χ4n) is 1.60. The number of benzene rings is 2. The number of carbonyl (C=O) groups is 2. The Hall–Kier alpha value is -3.92. The zero-order chi connectivity index (χ0) is 18.7. The number of hydrogen-bond donors (Lipinski definition) is 2. The molecule has 0 fully saturated rings. The van der Waals surface area contributed by atoms with Crippen molar-refractivity contribution in [3.63, 3.8) is 0 Å². The molecule has 0 amide bonds. The lowest BCUT2D eigenvalue weighted by Crippen LogP contribution is -1.91. The van der Waals surface area contributed by atoms with Gasteiger partial charge in [-0.25, -0.2) is 9.59 Å². The standard InChI is InChI=1S/C9H7NO4.C9H6O2/c11-9(12)6-5-7-3-1-2-4-8(7)10(13)14;10-9(11)7-6-8-4-2-1-3-5-8/h1-6H,(H,11,12);1-5H,(H,10,11). The maximum absolute atomic E-state index is 10.5. The van der Waals surface area contributed by atoms with Gasteiger partial charge in [-0.15, -0.1) is 0 Å². The highest BCUT2D eigenvalue weighted by molar-refractivity contribution is 5.87. The van der Waals surface area contributed by atoms with E-state index in [2.05, 4.69) is 5.92 Å². The van der Waals surface area contributed by atoms with Crippen molar-refractivity contribution >= 4 is 23.7 Å². The van der Waals surface area contributed by atoms with Crippen LogP contribution in [0.25, 0.3) is 6.08 Å². The van der Waals surface area contributed by atoms with Crippen LogP contribution in [0, 0.1) is 22.0 Å². The number of nitro groups is 1. The number of nitro benzene ring substituents is 1. The van der Waals surface area contributed by atoms with E-state index in [0.717, 1.165) is 11.6 Å². The average molecular weight is 339 g/mol. The molecule has 7 heteroatoms. The van der Waals surface area contributed by atoms with E-state index in [4.69, 9.17) is 10.2 Å². The Morgan fingerprint density at radius 2 is 1.60 bits per heavy atom. The largest absolute Gasteiger partial charge is 0.478 e. The Bertz CT molecular complexity index is 847. The first-order valence-electron chi connectivity index (χ1n) is 6.84. The number of carboxylic acid groups (broad SMARTS) is 2. The van der Waals surface area contributed by atoms with Crippen molar-refractivity contribution in [2.45, 2.75) is 0 Å². The summed E-state index contributed by atoms with van der Waals surface area (Å²) in [7, 11) is 0. The first-order chi connectivity index (χ1) is 11.9. The minimum Gasteiger partial charge on any atom is -0.478 e. The van der Waals surface area contributed by atoms with E-state index in [0.29, 0.717) is 0 Å². The summed E-state index contributed by atoms with van der Waals surface area (Å²) in [5, 5.41) is 27.0. The van der Waals surface area contributed by atoms with E-state index >= 15 is 0 Å². The fourth-order valence-corrected chi connectivity index (χ4v) is 1.60. The summed E-state index contributed by atoms with van der Waals surface area (Å²) in [5.74, 6) is 2.28. The highest BCUT2D eigenvalue weighted by Gasteiger charge is 2.09. The Kier molecular flexibility index (Phi) is 7.63. The quantitative estimate of drug-likeness (QED) is 0.384. The second kappa shape index (κ2) is 9.97. The van der Waals surface area contributed by atoms with Crippen LogP contribution in [0.5, 0.6) is 0 Å². The molecular formula is C18H13NO6. The van der Waals surface area contributed by atoms with Gasteiger partial charge in [0.1, 0.15) is 0 Å². The van der Waals surface area contributed by atoms with Crippen molar-refractivity contribution in [2.24, 2.45) is 0 Å². The highest BCUT2D eigenvalue weighted by Crippen LogP contribution is 2.18. The predicted molar refractivity (Wildman–Crippen MR) is 90.7 cm³/mol. The molecule has 0 atom stereocenters. The number of carboxylic acids is 2. The molecule has 0 aromatic heterocycles. The van der Waals surface area contributed by atoms with Gasteiger partial charge in [-0.1, -0.05) is 36.3 Å². The molecule has 126 valence electrons. The van der Waals surface area contributed by atoms with Gasteiger partial charge < -0.3 is 10.2 Å². The summed E-state index contributed by atoms with van der Waals surface area (Å²) in [4.78, 5) is 30.1. The SMILES string of the molecule is O=C(O)C#Cc1ccccc1.O=C(O)C=Cc1ccccc1[N+](=O)[O-]. The number of aliphatic carboxylic acids is 2. The van der Waals surface area contributed by atoms with Crippen LogP contribution in [-0.4, -0.2) is 27.1 Å². The van der Waals surface area contributed by atoms with E-state index in [1.54, 1.807) is 18.2 Å². The van der Waals surface area contributed by atoms with E-state index in [1.165, 1.54) is 24.3 Å². The van der Waals surface area contributed by atoms with Crippen molar-refractivity contribution in [2.75, 3.05) is 0 Å². The van der Waals surface area contributed by atoms with Crippen LogP contribution in [0.4, 0.5) is 5.69 Å². The topological polar surface area (TPSA) is 118 Å². The van der Waals surface area contributed by atoms with E-state index in [-0.39, 0.29) is 11.3 Å². The third kappa shape index (κ3) is 7.76. The second-order valence-corrected chi connectivity index (χ2v) is 4.41. The summed E-state index contributed by atoms with van der Waals surface area (Å²) in [6.07, 6.45) is 2.06. The van der Waals surface area contributed by atoms with Crippen molar-refractivity contribution < 1.29 is 24.7 Å². The molecular weight excluding hydrogens is 326 g/mol. The van der Waals surface area contributed by atoms with Crippen molar-refractivity contribution in [3.8, 4) is 11.8 Å². The number of hydrogen-bond acceptors (Lipinski definition) is 4. The second-order valence-electron chi connectivity index (χ2n) is 4.41. The molecule has 0 saturated carbocycles. The number of rotatable bonds is 3. The summed E-state index contributed by atoms with van der Waals surface area (Å²) >= 11 is 0.